The average Bonchev–Trinajstić information content (AvgIpc) is 3.09. The van der Waals surface area contributed by atoms with Crippen LogP contribution in [0.2, 0.25) is 5.02 Å². The van der Waals surface area contributed by atoms with Crippen LogP contribution in [0, 0.1) is 0 Å². The monoisotopic (exact) mass is 571 g/mol. The Kier molecular flexibility index (Phi) is 7.31. The van der Waals surface area contributed by atoms with Gasteiger partial charge in [0.05, 0.1) is 0 Å². The second kappa shape index (κ2) is 11.8. The van der Waals surface area contributed by atoms with Gasteiger partial charge in [-0.3, -0.25) is 0 Å². The number of benzene rings is 6. The Morgan fingerprint density at radius 1 is 0.302 bits per heavy atom. The molecule has 0 atom stereocenters. The predicted molar refractivity (Wildman–Crippen MR) is 177 cm³/mol. The molecule has 1 aromatic heterocycles. The molecule has 0 aliphatic carbocycles. The summed E-state index contributed by atoms with van der Waals surface area (Å²) in [6, 6.07) is 53.4. The molecule has 0 amide bonds. The van der Waals surface area contributed by atoms with Gasteiger partial charge in [0.1, 0.15) is 0 Å². The van der Waals surface area contributed by atoms with Crippen molar-refractivity contribution in [1.29, 1.82) is 0 Å². The molecule has 0 aliphatic rings. The first-order valence-electron chi connectivity index (χ1n) is 14.2. The minimum atomic E-state index is 0.628. The summed E-state index contributed by atoms with van der Waals surface area (Å²) in [6.45, 7) is 0. The normalized spacial score (nSPS) is 10.9. The second-order valence-electron chi connectivity index (χ2n) is 10.2. The number of halogens is 1. The highest BCUT2D eigenvalue weighted by molar-refractivity contribution is 6.33. The lowest BCUT2D eigenvalue weighted by Gasteiger charge is -2.16. The van der Waals surface area contributed by atoms with E-state index in [1.165, 1.54) is 0 Å². The van der Waals surface area contributed by atoms with Crippen LogP contribution >= 0.6 is 11.6 Å². The highest BCUT2D eigenvalue weighted by atomic mass is 35.5. The van der Waals surface area contributed by atoms with Gasteiger partial charge in [0.15, 0.2) is 17.5 Å². The molecule has 6 aromatic carbocycles. The third kappa shape index (κ3) is 5.46. The summed E-state index contributed by atoms with van der Waals surface area (Å²) in [6.07, 6.45) is 0. The Balaban J connectivity index is 1.37. The van der Waals surface area contributed by atoms with Crippen molar-refractivity contribution in [3.05, 3.63) is 163 Å². The van der Waals surface area contributed by atoms with E-state index < -0.39 is 0 Å². The van der Waals surface area contributed by atoms with E-state index in [4.69, 9.17) is 26.6 Å². The summed E-state index contributed by atoms with van der Waals surface area (Å²) < 4.78 is 0. The Bertz CT molecular complexity index is 1980. The quantitative estimate of drug-likeness (QED) is 0.199. The standard InChI is InChI=1S/C39H26ClN3/c40-36-25-12-11-24-35(36)34-23-10-9-22-33(34)32-21-8-7-20-31(32)29-18-13-19-30(26-29)39-42-37(27-14-3-1-4-15-27)41-38(43-39)28-16-5-2-6-17-28/h1-26H. The van der Waals surface area contributed by atoms with Gasteiger partial charge in [-0.25, -0.2) is 15.0 Å². The van der Waals surface area contributed by atoms with Crippen molar-refractivity contribution in [2.75, 3.05) is 0 Å². The third-order valence-corrected chi connectivity index (χ3v) is 7.77. The van der Waals surface area contributed by atoms with Gasteiger partial charge in [-0.1, -0.05) is 157 Å². The van der Waals surface area contributed by atoms with Crippen molar-refractivity contribution in [2.45, 2.75) is 0 Å². The molecule has 0 bridgehead atoms. The Hall–Kier alpha value is -5.38. The van der Waals surface area contributed by atoms with Crippen LogP contribution in [0.1, 0.15) is 0 Å². The summed E-state index contributed by atoms with van der Waals surface area (Å²) in [4.78, 5) is 14.7. The van der Waals surface area contributed by atoms with Gasteiger partial charge < -0.3 is 0 Å². The van der Waals surface area contributed by atoms with Crippen molar-refractivity contribution in [3.8, 4) is 67.5 Å². The molecular formula is C39H26ClN3. The third-order valence-electron chi connectivity index (χ3n) is 7.44. The fraction of sp³-hybridized carbons (Fsp3) is 0. The van der Waals surface area contributed by atoms with Crippen molar-refractivity contribution in [2.24, 2.45) is 0 Å². The molecule has 4 heteroatoms. The molecule has 7 rings (SSSR count). The van der Waals surface area contributed by atoms with Crippen LogP contribution in [0.25, 0.3) is 67.5 Å². The smallest absolute Gasteiger partial charge is 0.164 e. The first-order valence-corrected chi connectivity index (χ1v) is 14.5. The minimum Gasteiger partial charge on any atom is -0.208 e. The fourth-order valence-corrected chi connectivity index (χ4v) is 5.60. The number of nitrogens with zero attached hydrogens (tertiary/aromatic N) is 3. The minimum absolute atomic E-state index is 0.628. The number of rotatable bonds is 6. The van der Waals surface area contributed by atoms with Gasteiger partial charge in [-0.15, -0.1) is 0 Å². The molecule has 0 N–H and O–H groups in total. The van der Waals surface area contributed by atoms with Crippen molar-refractivity contribution in [1.82, 2.24) is 15.0 Å². The van der Waals surface area contributed by atoms with E-state index >= 15 is 0 Å². The summed E-state index contributed by atoms with van der Waals surface area (Å²) in [5, 5.41) is 0.729. The van der Waals surface area contributed by atoms with E-state index in [2.05, 4.69) is 78.9 Å². The molecule has 3 nitrogen and oxygen atoms in total. The van der Waals surface area contributed by atoms with Crippen LogP contribution < -0.4 is 0 Å². The SMILES string of the molecule is Clc1ccccc1-c1ccccc1-c1ccccc1-c1cccc(-c2nc(-c3ccccc3)nc(-c3ccccc3)n2)c1. The Labute approximate surface area is 256 Å². The second-order valence-corrected chi connectivity index (χ2v) is 10.6. The molecular weight excluding hydrogens is 546 g/mol. The van der Waals surface area contributed by atoms with E-state index in [0.29, 0.717) is 17.5 Å². The molecule has 0 radical (unpaired) electrons. The molecule has 43 heavy (non-hydrogen) atoms. The van der Waals surface area contributed by atoms with Crippen LogP contribution in [-0.2, 0) is 0 Å². The molecule has 0 fully saturated rings. The zero-order valence-electron chi connectivity index (χ0n) is 23.2. The van der Waals surface area contributed by atoms with E-state index in [1.54, 1.807) is 0 Å². The van der Waals surface area contributed by atoms with Crippen LogP contribution in [0.3, 0.4) is 0 Å². The summed E-state index contributed by atoms with van der Waals surface area (Å²) in [7, 11) is 0. The number of hydrogen-bond donors (Lipinski definition) is 0. The fourth-order valence-electron chi connectivity index (χ4n) is 5.37. The van der Waals surface area contributed by atoms with Crippen molar-refractivity contribution >= 4 is 11.6 Å². The van der Waals surface area contributed by atoms with Gasteiger partial charge in [-0.05, 0) is 39.9 Å². The van der Waals surface area contributed by atoms with Gasteiger partial charge in [-0.2, -0.15) is 0 Å². The molecule has 0 aliphatic heterocycles. The Morgan fingerprint density at radius 2 is 0.674 bits per heavy atom. The van der Waals surface area contributed by atoms with Gasteiger partial charge in [0.2, 0.25) is 0 Å². The van der Waals surface area contributed by atoms with E-state index in [-0.39, 0.29) is 0 Å². The van der Waals surface area contributed by atoms with Crippen LogP contribution in [0.5, 0.6) is 0 Å². The van der Waals surface area contributed by atoms with E-state index in [0.717, 1.165) is 55.1 Å². The topological polar surface area (TPSA) is 38.7 Å². The average molecular weight is 572 g/mol. The van der Waals surface area contributed by atoms with Crippen LogP contribution in [0.15, 0.2) is 158 Å². The first kappa shape index (κ1) is 26.5. The lowest BCUT2D eigenvalue weighted by atomic mass is 9.89. The van der Waals surface area contributed by atoms with E-state index in [9.17, 15) is 0 Å². The highest BCUT2D eigenvalue weighted by Crippen LogP contribution is 2.40. The summed E-state index contributed by atoms with van der Waals surface area (Å²) in [5.41, 5.74) is 9.35. The molecule has 204 valence electrons. The summed E-state index contributed by atoms with van der Waals surface area (Å²) in [5.74, 6) is 1.91. The molecule has 0 saturated heterocycles. The molecule has 7 aromatic rings. The van der Waals surface area contributed by atoms with Gasteiger partial charge in [0, 0.05) is 27.3 Å². The lowest BCUT2D eigenvalue weighted by molar-refractivity contribution is 1.07. The maximum absolute atomic E-state index is 6.66. The van der Waals surface area contributed by atoms with Crippen LogP contribution in [0.4, 0.5) is 0 Å². The first-order chi connectivity index (χ1) is 21.2. The molecule has 0 spiro atoms. The van der Waals surface area contributed by atoms with Gasteiger partial charge >= 0.3 is 0 Å². The summed E-state index contributed by atoms with van der Waals surface area (Å²) >= 11 is 6.66. The maximum Gasteiger partial charge on any atom is 0.164 e. The van der Waals surface area contributed by atoms with E-state index in [1.807, 2.05) is 78.9 Å². The van der Waals surface area contributed by atoms with Gasteiger partial charge in [0.25, 0.3) is 0 Å². The zero-order valence-corrected chi connectivity index (χ0v) is 24.0. The molecule has 0 unspecified atom stereocenters. The maximum atomic E-state index is 6.66. The molecule has 1 heterocycles. The highest BCUT2D eigenvalue weighted by Gasteiger charge is 2.16. The lowest BCUT2D eigenvalue weighted by Crippen LogP contribution is -2.00. The number of hydrogen-bond acceptors (Lipinski definition) is 3. The van der Waals surface area contributed by atoms with Crippen molar-refractivity contribution in [3.63, 3.8) is 0 Å². The number of aromatic nitrogens is 3. The van der Waals surface area contributed by atoms with Crippen LogP contribution in [-0.4, -0.2) is 15.0 Å². The Morgan fingerprint density at radius 3 is 1.23 bits per heavy atom. The predicted octanol–water partition coefficient (Wildman–Crippen LogP) is 10.5. The zero-order chi connectivity index (χ0) is 29.0. The molecule has 0 saturated carbocycles. The van der Waals surface area contributed by atoms with Crippen molar-refractivity contribution < 1.29 is 0 Å². The largest absolute Gasteiger partial charge is 0.208 e.